The van der Waals surface area contributed by atoms with Gasteiger partial charge in [0, 0.05) is 53.1 Å². The number of carbonyl (C=O) groups is 2. The van der Waals surface area contributed by atoms with Crippen LogP contribution >= 0.6 is 0 Å². The first-order chi connectivity index (χ1) is 9.52. The normalized spacial score (nSPS) is 13.4. The molecule has 0 aliphatic carbocycles. The van der Waals surface area contributed by atoms with Gasteiger partial charge in [-0.15, -0.1) is 0 Å². The molecule has 1 aliphatic rings. The van der Waals surface area contributed by atoms with Crippen LogP contribution in [0.5, 0.6) is 0 Å². The average Bonchev–Trinajstić information content (AvgIpc) is 2.50. The molecule has 0 aromatic heterocycles. The van der Waals surface area contributed by atoms with Gasteiger partial charge in [0.05, 0.1) is 0 Å². The molecule has 120 valence electrons. The number of rotatable bonds is 3. The number of hydrogen-bond donors (Lipinski definition) is 1. The van der Waals surface area contributed by atoms with E-state index in [4.69, 9.17) is 0 Å². The Bertz CT molecular complexity index is 250. The minimum absolute atomic E-state index is 0.215. The molecule has 5 heteroatoms. The minimum Gasteiger partial charge on any atom is -0.349 e. The van der Waals surface area contributed by atoms with E-state index in [0.717, 1.165) is 32.6 Å². The molecule has 1 rings (SSSR count). The third-order valence-electron chi connectivity index (χ3n) is 2.73. The smallest absolute Gasteiger partial charge is 0.222 e. The van der Waals surface area contributed by atoms with Gasteiger partial charge in [-0.1, -0.05) is 27.7 Å². The summed E-state index contributed by atoms with van der Waals surface area (Å²) in [6.45, 7) is 11.6. The molecule has 1 fully saturated rings. The van der Waals surface area contributed by atoms with Gasteiger partial charge in [-0.3, -0.25) is 9.59 Å². The van der Waals surface area contributed by atoms with E-state index in [1.807, 2.05) is 32.6 Å². The second kappa shape index (κ2) is 14.3. The van der Waals surface area contributed by atoms with Crippen LogP contribution in [-0.2, 0) is 9.59 Å². The molecule has 0 atom stereocenters. The van der Waals surface area contributed by atoms with Crippen LogP contribution in [0.2, 0.25) is 0 Å². The van der Waals surface area contributed by atoms with Gasteiger partial charge in [-0.2, -0.15) is 0 Å². The van der Waals surface area contributed by atoms with Gasteiger partial charge < -0.3 is 15.1 Å². The van der Waals surface area contributed by atoms with E-state index < -0.39 is 0 Å². The lowest BCUT2D eigenvalue weighted by Crippen LogP contribution is -2.46. The molecule has 1 N–H and O–H groups in total. The van der Waals surface area contributed by atoms with Gasteiger partial charge >= 0.3 is 0 Å². The van der Waals surface area contributed by atoms with Crippen molar-refractivity contribution in [3.8, 4) is 0 Å². The molecule has 2 amide bonds. The summed E-state index contributed by atoms with van der Waals surface area (Å²) in [6, 6.07) is 0. The molecule has 0 aromatic rings. The molecule has 20 heavy (non-hydrogen) atoms. The van der Waals surface area contributed by atoms with E-state index in [9.17, 15) is 9.59 Å². The Kier molecular flexibility index (Phi) is 15.2. The van der Waals surface area contributed by atoms with E-state index in [-0.39, 0.29) is 11.8 Å². The SMILES string of the molecule is CC.CCC(=O)N1CCNCC1.CCCC(=O)N(C)C. The molecule has 0 radical (unpaired) electrons. The summed E-state index contributed by atoms with van der Waals surface area (Å²) < 4.78 is 0. The summed E-state index contributed by atoms with van der Waals surface area (Å²) in [5, 5.41) is 3.20. The van der Waals surface area contributed by atoms with Crippen LogP contribution in [0.4, 0.5) is 0 Å². The summed E-state index contributed by atoms with van der Waals surface area (Å²) in [5.41, 5.74) is 0. The van der Waals surface area contributed by atoms with Crippen molar-refractivity contribution < 1.29 is 9.59 Å². The van der Waals surface area contributed by atoms with E-state index >= 15 is 0 Å². The first-order valence-electron chi connectivity index (χ1n) is 7.71. The summed E-state index contributed by atoms with van der Waals surface area (Å²) in [6.07, 6.45) is 2.25. The monoisotopic (exact) mass is 287 g/mol. The van der Waals surface area contributed by atoms with Gasteiger partial charge in [0.15, 0.2) is 0 Å². The standard InChI is InChI=1S/C7H14N2O.C6H13NO.C2H6/c1-2-7(10)9-5-3-8-4-6-9;1-4-5-6(8)7(2)3;1-2/h8H,2-6H2,1H3;4-5H2,1-3H3;1-2H3. The second-order valence-corrected chi connectivity index (χ2v) is 4.52. The highest BCUT2D eigenvalue weighted by Crippen LogP contribution is 1.95. The fraction of sp³-hybridized carbons (Fsp3) is 0.867. The molecule has 0 aromatic carbocycles. The van der Waals surface area contributed by atoms with Crippen molar-refractivity contribution in [2.45, 2.75) is 47.0 Å². The van der Waals surface area contributed by atoms with Crippen molar-refractivity contribution in [2.24, 2.45) is 0 Å². The molecule has 1 aliphatic heterocycles. The van der Waals surface area contributed by atoms with Crippen LogP contribution in [0.1, 0.15) is 47.0 Å². The maximum absolute atomic E-state index is 11.1. The fourth-order valence-corrected chi connectivity index (χ4v) is 1.58. The van der Waals surface area contributed by atoms with E-state index in [1.54, 1.807) is 19.0 Å². The lowest BCUT2D eigenvalue weighted by molar-refractivity contribution is -0.131. The number of hydrogen-bond acceptors (Lipinski definition) is 3. The predicted octanol–water partition coefficient (Wildman–Crippen LogP) is 1.73. The van der Waals surface area contributed by atoms with Crippen molar-refractivity contribution in [2.75, 3.05) is 40.3 Å². The van der Waals surface area contributed by atoms with Gasteiger partial charge in [-0.05, 0) is 6.42 Å². The average molecular weight is 287 g/mol. The topological polar surface area (TPSA) is 52.7 Å². The third-order valence-corrected chi connectivity index (χ3v) is 2.73. The van der Waals surface area contributed by atoms with Crippen LogP contribution in [0.25, 0.3) is 0 Å². The Labute approximate surface area is 124 Å². The van der Waals surface area contributed by atoms with Crippen LogP contribution in [0.3, 0.4) is 0 Å². The van der Waals surface area contributed by atoms with E-state index in [1.165, 1.54) is 0 Å². The quantitative estimate of drug-likeness (QED) is 0.860. The van der Waals surface area contributed by atoms with Crippen molar-refractivity contribution in [1.29, 1.82) is 0 Å². The second-order valence-electron chi connectivity index (χ2n) is 4.52. The number of amides is 2. The molecule has 1 heterocycles. The zero-order valence-corrected chi connectivity index (χ0v) is 14.2. The fourth-order valence-electron chi connectivity index (χ4n) is 1.58. The highest BCUT2D eigenvalue weighted by atomic mass is 16.2. The van der Waals surface area contributed by atoms with Crippen molar-refractivity contribution in [1.82, 2.24) is 15.1 Å². The van der Waals surface area contributed by atoms with Gasteiger partial charge in [-0.25, -0.2) is 0 Å². The highest BCUT2D eigenvalue weighted by Gasteiger charge is 2.12. The number of piperazine rings is 1. The van der Waals surface area contributed by atoms with Crippen molar-refractivity contribution in [3.63, 3.8) is 0 Å². The Hall–Kier alpha value is -1.10. The molecule has 0 spiro atoms. The maximum Gasteiger partial charge on any atom is 0.222 e. The van der Waals surface area contributed by atoms with Crippen LogP contribution in [0.15, 0.2) is 0 Å². The number of nitrogens with zero attached hydrogens (tertiary/aromatic N) is 2. The van der Waals surface area contributed by atoms with E-state index in [0.29, 0.717) is 12.8 Å². The van der Waals surface area contributed by atoms with Crippen LogP contribution in [0, 0.1) is 0 Å². The largest absolute Gasteiger partial charge is 0.349 e. The number of nitrogens with one attached hydrogen (secondary N) is 1. The third kappa shape index (κ3) is 10.8. The molecule has 0 saturated carbocycles. The molecular weight excluding hydrogens is 254 g/mol. The highest BCUT2D eigenvalue weighted by molar-refractivity contribution is 5.76. The molecule has 1 saturated heterocycles. The van der Waals surface area contributed by atoms with Gasteiger partial charge in [0.25, 0.3) is 0 Å². The Balaban J connectivity index is 0. The lowest BCUT2D eigenvalue weighted by atomic mass is 10.3. The summed E-state index contributed by atoms with van der Waals surface area (Å²) in [5.74, 6) is 0.494. The molecular formula is C15H33N3O2. The van der Waals surface area contributed by atoms with Gasteiger partial charge in [0.1, 0.15) is 0 Å². The number of carbonyl (C=O) groups excluding carboxylic acids is 2. The molecule has 5 nitrogen and oxygen atoms in total. The summed E-state index contributed by atoms with van der Waals surface area (Å²) in [7, 11) is 3.55. The van der Waals surface area contributed by atoms with Gasteiger partial charge in [0.2, 0.25) is 11.8 Å². The Morgan fingerprint density at radius 2 is 1.60 bits per heavy atom. The maximum atomic E-state index is 11.1. The zero-order valence-electron chi connectivity index (χ0n) is 14.2. The Morgan fingerprint density at radius 1 is 1.10 bits per heavy atom. The minimum atomic E-state index is 0.215. The van der Waals surface area contributed by atoms with Crippen molar-refractivity contribution >= 4 is 11.8 Å². The molecule has 0 bridgehead atoms. The zero-order chi connectivity index (χ0) is 16.0. The summed E-state index contributed by atoms with van der Waals surface area (Å²) in [4.78, 5) is 25.3. The summed E-state index contributed by atoms with van der Waals surface area (Å²) >= 11 is 0. The first-order valence-corrected chi connectivity index (χ1v) is 7.71. The lowest BCUT2D eigenvalue weighted by Gasteiger charge is -2.26. The first kappa shape index (κ1) is 21.2. The van der Waals surface area contributed by atoms with Crippen molar-refractivity contribution in [3.05, 3.63) is 0 Å². The Morgan fingerprint density at radius 3 is 1.90 bits per heavy atom. The predicted molar refractivity (Wildman–Crippen MR) is 84.7 cm³/mol. The molecule has 0 unspecified atom stereocenters. The van der Waals surface area contributed by atoms with E-state index in [2.05, 4.69) is 5.32 Å². The van der Waals surface area contributed by atoms with Crippen LogP contribution < -0.4 is 5.32 Å². The van der Waals surface area contributed by atoms with Crippen LogP contribution in [-0.4, -0.2) is 61.9 Å².